The molecule has 0 aliphatic rings. The molecule has 114 valence electrons. The molecule has 0 amide bonds. The fraction of sp³-hybridized carbons (Fsp3) is 0.538. The molecule has 20 heavy (non-hydrogen) atoms. The highest BCUT2D eigenvalue weighted by Gasteiger charge is 2.25. The molecule has 0 atom stereocenters. The summed E-state index contributed by atoms with van der Waals surface area (Å²) in [6.07, 6.45) is 0.195. The van der Waals surface area contributed by atoms with Gasteiger partial charge in [-0.15, -0.1) is 0 Å². The maximum atomic E-state index is 12.6. The number of ether oxygens (including phenoxy) is 2. The molecule has 0 heterocycles. The molecule has 0 bridgehead atoms. The Morgan fingerprint density at radius 3 is 1.90 bits per heavy atom. The van der Waals surface area contributed by atoms with Crippen molar-refractivity contribution in [1.29, 1.82) is 0 Å². The lowest BCUT2D eigenvalue weighted by Crippen LogP contribution is -2.07. The average molecular weight is 303 g/mol. The molecule has 0 fully saturated rings. The normalized spacial score (nSPS) is 11.7. The van der Waals surface area contributed by atoms with Crippen molar-refractivity contribution >= 4 is 13.3 Å². The zero-order valence-corrected chi connectivity index (χ0v) is 12.8. The monoisotopic (exact) mass is 303 g/mol. The van der Waals surface area contributed by atoms with Crippen LogP contribution < -0.4 is 5.73 Å². The Balaban J connectivity index is 2.64. The zero-order chi connectivity index (χ0) is 14.8. The molecular formula is C13H22NO5P. The van der Waals surface area contributed by atoms with Crippen molar-refractivity contribution in [2.24, 2.45) is 0 Å². The Kier molecular flexibility index (Phi) is 7.80. The molecule has 7 heteroatoms. The van der Waals surface area contributed by atoms with Crippen LogP contribution in [0.15, 0.2) is 24.3 Å². The minimum absolute atomic E-state index is 0.195. The Labute approximate surface area is 119 Å². The largest absolute Gasteiger partial charge is 0.399 e. The van der Waals surface area contributed by atoms with E-state index in [1.165, 1.54) is 0 Å². The molecule has 0 spiro atoms. The van der Waals surface area contributed by atoms with Gasteiger partial charge >= 0.3 is 7.60 Å². The van der Waals surface area contributed by atoms with E-state index < -0.39 is 7.60 Å². The second kappa shape index (κ2) is 9.10. The van der Waals surface area contributed by atoms with Crippen LogP contribution in [0.25, 0.3) is 0 Å². The Hall–Kier alpha value is -0.910. The number of anilines is 1. The third-order valence-electron chi connectivity index (χ3n) is 2.51. The van der Waals surface area contributed by atoms with Crippen LogP contribution in [0.3, 0.4) is 0 Å². The molecule has 0 aromatic heterocycles. The van der Waals surface area contributed by atoms with Crippen LogP contribution in [0, 0.1) is 0 Å². The molecule has 1 rings (SSSR count). The Morgan fingerprint density at radius 2 is 1.45 bits per heavy atom. The quantitative estimate of drug-likeness (QED) is 0.406. The zero-order valence-electron chi connectivity index (χ0n) is 11.9. The highest BCUT2D eigenvalue weighted by molar-refractivity contribution is 7.53. The van der Waals surface area contributed by atoms with Crippen LogP contribution in [-0.2, 0) is 29.2 Å². The van der Waals surface area contributed by atoms with Crippen LogP contribution in [-0.4, -0.2) is 40.6 Å². The van der Waals surface area contributed by atoms with Crippen molar-refractivity contribution in [2.75, 3.05) is 46.4 Å². The van der Waals surface area contributed by atoms with Crippen LogP contribution in [0.1, 0.15) is 5.56 Å². The number of hydrogen-bond donors (Lipinski definition) is 1. The van der Waals surface area contributed by atoms with E-state index in [-0.39, 0.29) is 19.4 Å². The van der Waals surface area contributed by atoms with Crippen LogP contribution in [0.5, 0.6) is 0 Å². The molecule has 0 aliphatic carbocycles. The van der Waals surface area contributed by atoms with Gasteiger partial charge in [0.05, 0.1) is 32.6 Å². The lowest BCUT2D eigenvalue weighted by atomic mass is 10.2. The second-order valence-corrected chi connectivity index (χ2v) is 6.22. The van der Waals surface area contributed by atoms with E-state index in [9.17, 15) is 4.57 Å². The predicted octanol–water partition coefficient (Wildman–Crippen LogP) is 2.29. The number of methoxy groups -OCH3 is 2. The van der Waals surface area contributed by atoms with E-state index in [4.69, 9.17) is 24.3 Å². The number of nitrogen functional groups attached to an aromatic ring is 1. The second-order valence-electron chi connectivity index (χ2n) is 4.16. The van der Waals surface area contributed by atoms with Gasteiger partial charge in [0, 0.05) is 19.9 Å². The fourth-order valence-corrected chi connectivity index (χ4v) is 3.12. The lowest BCUT2D eigenvalue weighted by Gasteiger charge is -2.18. The average Bonchev–Trinajstić information content (AvgIpc) is 2.42. The maximum absolute atomic E-state index is 12.6. The molecule has 1 aromatic carbocycles. The minimum atomic E-state index is -3.22. The summed E-state index contributed by atoms with van der Waals surface area (Å²) in [6.45, 7) is 1.16. The maximum Gasteiger partial charge on any atom is 0.335 e. The molecular weight excluding hydrogens is 281 g/mol. The summed E-state index contributed by atoms with van der Waals surface area (Å²) in [7, 11) is -0.105. The van der Waals surface area contributed by atoms with Gasteiger partial charge in [-0.3, -0.25) is 4.57 Å². The summed E-state index contributed by atoms with van der Waals surface area (Å²) in [6, 6.07) is 7.12. The van der Waals surface area contributed by atoms with E-state index in [0.717, 1.165) is 5.56 Å². The van der Waals surface area contributed by atoms with Gasteiger partial charge in [0.1, 0.15) is 0 Å². The highest BCUT2D eigenvalue weighted by Crippen LogP contribution is 2.51. The number of rotatable bonds is 10. The highest BCUT2D eigenvalue weighted by atomic mass is 31.2. The molecule has 0 saturated heterocycles. The van der Waals surface area contributed by atoms with Crippen molar-refractivity contribution in [1.82, 2.24) is 0 Å². The molecule has 0 radical (unpaired) electrons. The molecule has 0 saturated carbocycles. The lowest BCUT2D eigenvalue weighted by molar-refractivity contribution is 0.107. The minimum Gasteiger partial charge on any atom is -0.399 e. The van der Waals surface area contributed by atoms with Crippen molar-refractivity contribution in [3.05, 3.63) is 29.8 Å². The third-order valence-corrected chi connectivity index (χ3v) is 4.41. The summed E-state index contributed by atoms with van der Waals surface area (Å²) in [5.41, 5.74) is 7.12. The van der Waals surface area contributed by atoms with Gasteiger partial charge in [0.15, 0.2) is 0 Å². The smallest absolute Gasteiger partial charge is 0.335 e. The van der Waals surface area contributed by atoms with Gasteiger partial charge in [-0.05, 0) is 17.7 Å². The Morgan fingerprint density at radius 1 is 0.950 bits per heavy atom. The van der Waals surface area contributed by atoms with E-state index >= 15 is 0 Å². The standard InChI is InChI=1S/C13H22NO5P/c1-16-7-9-18-20(15,19-10-8-17-2)11-12-3-5-13(14)6-4-12/h3-6H,7-11,14H2,1-2H3. The van der Waals surface area contributed by atoms with Gasteiger partial charge in [0.2, 0.25) is 0 Å². The van der Waals surface area contributed by atoms with Gasteiger partial charge in [-0.2, -0.15) is 0 Å². The first kappa shape index (κ1) is 17.1. The van der Waals surface area contributed by atoms with Gasteiger partial charge in [-0.25, -0.2) is 0 Å². The summed E-state index contributed by atoms with van der Waals surface area (Å²) >= 11 is 0. The predicted molar refractivity (Wildman–Crippen MR) is 77.8 cm³/mol. The summed E-state index contributed by atoms with van der Waals surface area (Å²) in [5.74, 6) is 0. The van der Waals surface area contributed by atoms with Gasteiger partial charge in [0.25, 0.3) is 0 Å². The number of benzene rings is 1. The first-order chi connectivity index (χ1) is 9.59. The van der Waals surface area contributed by atoms with Crippen LogP contribution >= 0.6 is 7.60 Å². The van der Waals surface area contributed by atoms with E-state index in [0.29, 0.717) is 18.9 Å². The molecule has 2 N–H and O–H groups in total. The fourth-order valence-electron chi connectivity index (χ4n) is 1.49. The third kappa shape index (κ3) is 6.50. The summed E-state index contributed by atoms with van der Waals surface area (Å²) in [4.78, 5) is 0. The molecule has 0 aliphatic heterocycles. The summed E-state index contributed by atoms with van der Waals surface area (Å²) in [5, 5.41) is 0. The summed E-state index contributed by atoms with van der Waals surface area (Å²) < 4.78 is 33.1. The molecule has 1 aromatic rings. The number of nitrogens with two attached hydrogens (primary N) is 1. The molecule has 6 nitrogen and oxygen atoms in total. The van der Waals surface area contributed by atoms with Crippen LogP contribution in [0.2, 0.25) is 0 Å². The Bertz CT molecular complexity index is 409. The molecule has 0 unspecified atom stereocenters. The van der Waals surface area contributed by atoms with Gasteiger partial charge < -0.3 is 24.3 Å². The first-order valence-corrected chi connectivity index (χ1v) is 8.03. The van der Waals surface area contributed by atoms with Gasteiger partial charge in [-0.1, -0.05) is 12.1 Å². The van der Waals surface area contributed by atoms with E-state index in [1.807, 2.05) is 0 Å². The van der Waals surface area contributed by atoms with Crippen molar-refractivity contribution in [2.45, 2.75) is 6.16 Å². The first-order valence-electron chi connectivity index (χ1n) is 6.30. The SMILES string of the molecule is COCCOP(=O)(Cc1ccc(N)cc1)OCCOC. The topological polar surface area (TPSA) is 80.0 Å². The van der Waals surface area contributed by atoms with Crippen molar-refractivity contribution < 1.29 is 23.1 Å². The van der Waals surface area contributed by atoms with Crippen molar-refractivity contribution in [3.63, 3.8) is 0 Å². The van der Waals surface area contributed by atoms with Crippen LogP contribution in [0.4, 0.5) is 5.69 Å². The van der Waals surface area contributed by atoms with E-state index in [2.05, 4.69) is 0 Å². The van der Waals surface area contributed by atoms with E-state index in [1.54, 1.807) is 38.5 Å². The van der Waals surface area contributed by atoms with Crippen molar-refractivity contribution in [3.8, 4) is 0 Å². The number of hydrogen-bond acceptors (Lipinski definition) is 6.